The second kappa shape index (κ2) is 7.77. The Bertz CT molecular complexity index is 399. The van der Waals surface area contributed by atoms with Crippen LogP contribution in [0.2, 0.25) is 0 Å². The fourth-order valence-corrected chi connectivity index (χ4v) is 1.71. The van der Waals surface area contributed by atoms with Gasteiger partial charge in [-0.15, -0.1) is 0 Å². The third kappa shape index (κ3) is 4.41. The number of hydrogen-bond acceptors (Lipinski definition) is 3. The summed E-state index contributed by atoms with van der Waals surface area (Å²) in [4.78, 5) is 0. The van der Waals surface area contributed by atoms with Gasteiger partial charge in [-0.2, -0.15) is 0 Å². The Balaban J connectivity index is 2.86. The van der Waals surface area contributed by atoms with Crippen molar-refractivity contribution in [3.63, 3.8) is 0 Å². The molecule has 3 heteroatoms. The highest BCUT2D eigenvalue weighted by molar-refractivity contribution is 5.58. The van der Waals surface area contributed by atoms with Crippen molar-refractivity contribution >= 4 is 6.08 Å². The topological polar surface area (TPSA) is 30.5 Å². The summed E-state index contributed by atoms with van der Waals surface area (Å²) in [5.41, 5.74) is 2.43. The van der Waals surface area contributed by atoms with Gasteiger partial charge in [0.15, 0.2) is 11.5 Å². The highest BCUT2D eigenvalue weighted by atomic mass is 16.5. The molecule has 0 atom stereocenters. The van der Waals surface area contributed by atoms with Gasteiger partial charge in [0.25, 0.3) is 0 Å². The van der Waals surface area contributed by atoms with E-state index in [0.717, 1.165) is 30.2 Å². The van der Waals surface area contributed by atoms with Crippen molar-refractivity contribution in [2.24, 2.45) is 0 Å². The van der Waals surface area contributed by atoms with Crippen molar-refractivity contribution < 1.29 is 9.47 Å². The van der Waals surface area contributed by atoms with E-state index < -0.39 is 0 Å². The molecule has 0 aliphatic heterocycles. The maximum atomic E-state index is 5.56. The zero-order chi connectivity index (χ0) is 13.4. The van der Waals surface area contributed by atoms with Crippen LogP contribution >= 0.6 is 0 Å². The minimum absolute atomic E-state index is 0.639. The molecule has 0 heterocycles. The van der Waals surface area contributed by atoms with Gasteiger partial charge in [-0.25, -0.2) is 0 Å². The summed E-state index contributed by atoms with van der Waals surface area (Å²) in [5.74, 6) is 1.57. The quantitative estimate of drug-likeness (QED) is 0.805. The van der Waals surface area contributed by atoms with E-state index in [1.54, 1.807) is 7.11 Å². The Morgan fingerprint density at radius 2 is 2.06 bits per heavy atom. The molecule has 0 fully saturated rings. The van der Waals surface area contributed by atoms with Crippen LogP contribution in [-0.4, -0.2) is 26.8 Å². The Kier molecular flexibility index (Phi) is 6.29. The summed E-state index contributed by atoms with van der Waals surface area (Å²) < 4.78 is 10.8. The summed E-state index contributed by atoms with van der Waals surface area (Å²) >= 11 is 0. The molecule has 0 aliphatic rings. The number of likely N-dealkylation sites (N-methyl/N-ethyl adjacent to an activating group) is 1. The van der Waals surface area contributed by atoms with Crippen LogP contribution in [-0.2, 0) is 0 Å². The lowest BCUT2D eigenvalue weighted by Crippen LogP contribution is -2.14. The molecule has 0 aliphatic carbocycles. The molecule has 0 aromatic heterocycles. The van der Waals surface area contributed by atoms with Crippen LogP contribution in [0.1, 0.15) is 26.3 Å². The van der Waals surface area contributed by atoms with Gasteiger partial charge in [-0.3, -0.25) is 0 Å². The maximum Gasteiger partial charge on any atom is 0.161 e. The van der Waals surface area contributed by atoms with E-state index in [2.05, 4.69) is 25.2 Å². The van der Waals surface area contributed by atoms with Crippen LogP contribution in [0.4, 0.5) is 0 Å². The first-order chi connectivity index (χ1) is 8.71. The number of rotatable bonds is 7. The lowest BCUT2D eigenvalue weighted by Gasteiger charge is -2.10. The summed E-state index contributed by atoms with van der Waals surface area (Å²) in [6.45, 7) is 8.73. The van der Waals surface area contributed by atoms with Gasteiger partial charge in [-0.1, -0.05) is 24.6 Å². The average Bonchev–Trinajstić information content (AvgIpc) is 2.37. The molecule has 18 heavy (non-hydrogen) atoms. The normalized spacial score (nSPS) is 11.4. The van der Waals surface area contributed by atoms with Crippen LogP contribution in [0.5, 0.6) is 11.5 Å². The molecule has 0 amide bonds. The molecule has 0 spiro atoms. The van der Waals surface area contributed by atoms with Crippen molar-refractivity contribution in [3.8, 4) is 11.5 Å². The van der Waals surface area contributed by atoms with Gasteiger partial charge in [0.1, 0.15) is 0 Å². The fraction of sp³-hybridized carbons (Fsp3) is 0.467. The van der Waals surface area contributed by atoms with Crippen LogP contribution in [0.15, 0.2) is 23.8 Å². The van der Waals surface area contributed by atoms with Crippen molar-refractivity contribution in [1.82, 2.24) is 5.32 Å². The Hall–Kier alpha value is -1.48. The first kappa shape index (κ1) is 14.6. The molecule has 1 rings (SSSR count). The van der Waals surface area contributed by atoms with Gasteiger partial charge in [0.05, 0.1) is 13.7 Å². The number of hydrogen-bond donors (Lipinski definition) is 1. The van der Waals surface area contributed by atoms with E-state index >= 15 is 0 Å². The van der Waals surface area contributed by atoms with Crippen LogP contribution in [0, 0.1) is 0 Å². The highest BCUT2D eigenvalue weighted by Crippen LogP contribution is 2.28. The molecule has 1 aromatic carbocycles. The fourth-order valence-electron chi connectivity index (χ4n) is 1.71. The zero-order valence-corrected chi connectivity index (χ0v) is 11.7. The molecule has 0 bridgehead atoms. The smallest absolute Gasteiger partial charge is 0.161 e. The lowest BCUT2D eigenvalue weighted by molar-refractivity contribution is 0.311. The first-order valence-electron chi connectivity index (χ1n) is 6.40. The van der Waals surface area contributed by atoms with Gasteiger partial charge in [-0.05, 0) is 38.1 Å². The van der Waals surface area contributed by atoms with Gasteiger partial charge < -0.3 is 14.8 Å². The third-order valence-corrected chi connectivity index (χ3v) is 2.55. The standard InChI is InChI=1S/C15H23NO2/c1-5-16-11-12(3)9-13-7-8-14(17-4)15(10-13)18-6-2/h7-10,16H,5-6,11H2,1-4H3. The monoisotopic (exact) mass is 249 g/mol. The molecular formula is C15H23NO2. The number of nitrogens with one attached hydrogen (secondary N) is 1. The Morgan fingerprint density at radius 1 is 1.28 bits per heavy atom. The summed E-state index contributed by atoms with van der Waals surface area (Å²) in [7, 11) is 1.66. The number of ether oxygens (including phenoxy) is 2. The van der Waals surface area contributed by atoms with E-state index in [1.807, 2.05) is 25.1 Å². The predicted octanol–water partition coefficient (Wildman–Crippen LogP) is 3.11. The summed E-state index contributed by atoms with van der Waals surface area (Å²) in [6.07, 6.45) is 2.16. The highest BCUT2D eigenvalue weighted by Gasteiger charge is 2.04. The van der Waals surface area contributed by atoms with Crippen molar-refractivity contribution in [2.75, 3.05) is 26.8 Å². The molecule has 1 N–H and O–H groups in total. The molecule has 100 valence electrons. The molecule has 1 aromatic rings. The second-order valence-electron chi connectivity index (χ2n) is 4.11. The summed E-state index contributed by atoms with van der Waals surface area (Å²) in [5, 5.41) is 3.31. The molecule has 0 saturated carbocycles. The zero-order valence-electron chi connectivity index (χ0n) is 11.7. The van der Waals surface area contributed by atoms with Gasteiger partial charge in [0, 0.05) is 6.54 Å². The second-order valence-corrected chi connectivity index (χ2v) is 4.11. The molecule has 3 nitrogen and oxygen atoms in total. The van der Waals surface area contributed by atoms with Gasteiger partial charge >= 0.3 is 0 Å². The number of benzene rings is 1. The van der Waals surface area contributed by atoms with E-state index in [1.165, 1.54) is 5.57 Å². The molecule has 0 unspecified atom stereocenters. The largest absolute Gasteiger partial charge is 0.493 e. The molecule has 0 saturated heterocycles. The van der Waals surface area contributed by atoms with E-state index in [0.29, 0.717) is 6.61 Å². The average molecular weight is 249 g/mol. The van der Waals surface area contributed by atoms with Crippen molar-refractivity contribution in [1.29, 1.82) is 0 Å². The van der Waals surface area contributed by atoms with Crippen molar-refractivity contribution in [2.45, 2.75) is 20.8 Å². The Labute approximate surface area is 110 Å². The number of methoxy groups -OCH3 is 1. The van der Waals surface area contributed by atoms with Crippen LogP contribution < -0.4 is 14.8 Å². The van der Waals surface area contributed by atoms with Crippen molar-refractivity contribution in [3.05, 3.63) is 29.3 Å². The maximum absolute atomic E-state index is 5.56. The predicted molar refractivity (Wildman–Crippen MR) is 76.4 cm³/mol. The third-order valence-electron chi connectivity index (χ3n) is 2.55. The minimum atomic E-state index is 0.639. The van der Waals surface area contributed by atoms with Crippen LogP contribution in [0.3, 0.4) is 0 Å². The van der Waals surface area contributed by atoms with E-state index in [-0.39, 0.29) is 0 Å². The Morgan fingerprint density at radius 3 is 2.67 bits per heavy atom. The van der Waals surface area contributed by atoms with Gasteiger partial charge in [0.2, 0.25) is 0 Å². The van der Waals surface area contributed by atoms with E-state index in [4.69, 9.17) is 9.47 Å². The lowest BCUT2D eigenvalue weighted by atomic mass is 10.1. The van der Waals surface area contributed by atoms with E-state index in [9.17, 15) is 0 Å². The van der Waals surface area contributed by atoms with Crippen LogP contribution in [0.25, 0.3) is 6.08 Å². The molecule has 0 radical (unpaired) electrons. The molecular weight excluding hydrogens is 226 g/mol. The SMILES string of the molecule is CCNCC(C)=Cc1ccc(OC)c(OCC)c1. The first-order valence-corrected chi connectivity index (χ1v) is 6.40. The summed E-state index contributed by atoms with van der Waals surface area (Å²) in [6, 6.07) is 5.99. The minimum Gasteiger partial charge on any atom is -0.493 e.